The zero-order valence-electron chi connectivity index (χ0n) is 31.5. The molecule has 0 spiro atoms. The minimum Gasteiger partial charge on any atom is -0.495 e. The summed E-state index contributed by atoms with van der Waals surface area (Å²) in [4.78, 5) is 55.0. The molecule has 1 saturated heterocycles. The van der Waals surface area contributed by atoms with E-state index >= 15 is 0 Å². The van der Waals surface area contributed by atoms with Crippen molar-refractivity contribution in [2.45, 2.75) is 25.5 Å². The average molecular weight is 796 g/mol. The lowest BCUT2D eigenvalue weighted by molar-refractivity contribution is -0.133. The van der Waals surface area contributed by atoms with Gasteiger partial charge in [-0.25, -0.2) is 4.98 Å². The third-order valence-corrected chi connectivity index (χ3v) is 8.61. The van der Waals surface area contributed by atoms with Crippen LogP contribution in [0.25, 0.3) is 12.2 Å². The van der Waals surface area contributed by atoms with Crippen LogP contribution in [0.4, 0.5) is 0 Å². The Balaban J connectivity index is 0.998. The van der Waals surface area contributed by atoms with Gasteiger partial charge in [-0.1, -0.05) is 60.2 Å². The molecule has 0 saturated carbocycles. The highest BCUT2D eigenvalue weighted by atomic mass is 35.5. The topological polar surface area (TPSA) is 187 Å². The maximum atomic E-state index is 13.0. The molecular weight excluding hydrogens is 746 g/mol. The molecule has 56 heavy (non-hydrogen) atoms. The van der Waals surface area contributed by atoms with E-state index < -0.39 is 12.0 Å². The average Bonchev–Trinajstić information content (AvgIpc) is 3.65. The predicted molar refractivity (Wildman–Crippen MR) is 209 cm³/mol. The number of hydrogen-bond donors (Lipinski definition) is 4. The molecular formula is C40H50ClN5O10. The molecule has 1 aliphatic rings. The number of methoxy groups -OCH3 is 1. The lowest BCUT2D eigenvalue weighted by Gasteiger charge is -2.15. The lowest BCUT2D eigenvalue weighted by Crippen LogP contribution is -2.40. The van der Waals surface area contributed by atoms with Gasteiger partial charge in [-0.05, 0) is 41.3 Å². The number of carbonyl (C=O) groups excluding carboxylic acids is 4. The van der Waals surface area contributed by atoms with E-state index in [1.54, 1.807) is 25.3 Å². The summed E-state index contributed by atoms with van der Waals surface area (Å²) in [5, 5.41) is 18.4. The number of amides is 4. The van der Waals surface area contributed by atoms with Gasteiger partial charge < -0.3 is 49.6 Å². The highest BCUT2D eigenvalue weighted by Gasteiger charge is 2.24. The molecule has 4 N–H and O–H groups in total. The molecule has 16 heteroatoms. The van der Waals surface area contributed by atoms with Crippen LogP contribution in [0.1, 0.15) is 39.2 Å². The molecule has 1 atom stereocenters. The molecule has 2 heterocycles. The van der Waals surface area contributed by atoms with Crippen LogP contribution in [-0.4, -0.2) is 131 Å². The van der Waals surface area contributed by atoms with Gasteiger partial charge in [0.15, 0.2) is 0 Å². The molecule has 1 fully saturated rings. The maximum absolute atomic E-state index is 13.0. The van der Waals surface area contributed by atoms with E-state index in [1.807, 2.05) is 48.6 Å². The van der Waals surface area contributed by atoms with Crippen molar-refractivity contribution < 1.29 is 48.0 Å². The minimum atomic E-state index is -0.499. The van der Waals surface area contributed by atoms with Crippen molar-refractivity contribution in [2.75, 3.05) is 86.1 Å². The van der Waals surface area contributed by atoms with Crippen molar-refractivity contribution in [1.29, 1.82) is 0 Å². The number of carbonyl (C=O) groups is 4. The van der Waals surface area contributed by atoms with Gasteiger partial charge in [-0.2, -0.15) is 0 Å². The Kier molecular flexibility index (Phi) is 19.2. The minimum absolute atomic E-state index is 0.124. The SMILES string of the molecule is COc1cnc(C(=O)NCc2cccc(CC(=O)NCCOCCOCCOCCOCC(=O)NCC(=O)N3CC[C@@H](O)C3)c2)cc1/C=C/c1ccc(Cl)cc1. The third-order valence-electron chi connectivity index (χ3n) is 8.36. The molecule has 0 bridgehead atoms. The molecule has 302 valence electrons. The Morgan fingerprint density at radius 3 is 2.25 bits per heavy atom. The summed E-state index contributed by atoms with van der Waals surface area (Å²) >= 11 is 5.98. The zero-order chi connectivity index (χ0) is 40.0. The van der Waals surface area contributed by atoms with Crippen molar-refractivity contribution in [3.05, 3.63) is 93.8 Å². The monoisotopic (exact) mass is 795 g/mol. The van der Waals surface area contributed by atoms with Crippen LogP contribution in [-0.2, 0) is 46.3 Å². The Morgan fingerprint density at radius 1 is 0.857 bits per heavy atom. The smallest absolute Gasteiger partial charge is 0.270 e. The molecule has 4 amide bonds. The van der Waals surface area contributed by atoms with E-state index in [4.69, 9.17) is 35.3 Å². The van der Waals surface area contributed by atoms with Crippen LogP contribution >= 0.6 is 11.6 Å². The first kappa shape index (κ1) is 43.8. The highest BCUT2D eigenvalue weighted by Crippen LogP contribution is 2.21. The standard InChI is InChI=1S/C40H50ClN5O10/c1-52-36-25-43-35(23-32(36)8-5-29-6-9-33(41)10-7-29)40(51)45-24-31-4-2-3-30(21-31)22-37(48)42-12-14-53-15-16-54-17-18-55-19-20-56-28-38(49)44-26-39(50)46-13-11-34(47)27-46/h2-10,21,23,25,34,47H,11-20,22,24,26-28H2,1H3,(H,42,48)(H,44,49)(H,45,51)/b8-5+/t34-/m1/s1. The second-order valence-corrected chi connectivity index (χ2v) is 13.1. The Hall–Kier alpha value is -4.90. The molecule has 2 aromatic carbocycles. The van der Waals surface area contributed by atoms with Gasteiger partial charge in [0.1, 0.15) is 18.1 Å². The van der Waals surface area contributed by atoms with Crippen molar-refractivity contribution in [2.24, 2.45) is 0 Å². The number of pyridine rings is 1. The van der Waals surface area contributed by atoms with Crippen LogP contribution in [0, 0.1) is 0 Å². The second-order valence-electron chi connectivity index (χ2n) is 12.7. The quantitative estimate of drug-likeness (QED) is 0.0976. The first-order chi connectivity index (χ1) is 27.2. The second kappa shape index (κ2) is 24.6. The number of halogens is 1. The fourth-order valence-electron chi connectivity index (χ4n) is 5.41. The summed E-state index contributed by atoms with van der Waals surface area (Å²) < 4.78 is 27.1. The summed E-state index contributed by atoms with van der Waals surface area (Å²) in [5.41, 5.74) is 3.54. The molecule has 4 rings (SSSR count). The Morgan fingerprint density at radius 2 is 1.55 bits per heavy atom. The van der Waals surface area contributed by atoms with Gasteiger partial charge in [0.25, 0.3) is 5.91 Å². The summed E-state index contributed by atoms with van der Waals surface area (Å²) in [6, 6.07) is 16.5. The predicted octanol–water partition coefficient (Wildman–Crippen LogP) is 2.28. The third kappa shape index (κ3) is 16.5. The van der Waals surface area contributed by atoms with Crippen molar-refractivity contribution in [3.8, 4) is 5.75 Å². The summed E-state index contributed by atoms with van der Waals surface area (Å²) in [7, 11) is 1.54. The maximum Gasteiger partial charge on any atom is 0.270 e. The number of aliphatic hydroxyl groups excluding tert-OH is 1. The molecule has 1 aromatic heterocycles. The van der Waals surface area contributed by atoms with Crippen molar-refractivity contribution in [3.63, 3.8) is 0 Å². The van der Waals surface area contributed by atoms with Crippen LogP contribution in [0.5, 0.6) is 5.75 Å². The lowest BCUT2D eigenvalue weighted by atomic mass is 10.1. The van der Waals surface area contributed by atoms with Crippen LogP contribution in [0.3, 0.4) is 0 Å². The largest absolute Gasteiger partial charge is 0.495 e. The first-order valence-electron chi connectivity index (χ1n) is 18.3. The molecule has 0 unspecified atom stereocenters. The number of β-amino-alcohol motifs (C(OH)–C–C–N with tert-alkyl or cyclic N) is 1. The van der Waals surface area contributed by atoms with Gasteiger partial charge in [0, 0.05) is 36.8 Å². The van der Waals surface area contributed by atoms with Crippen molar-refractivity contribution >= 4 is 47.4 Å². The van der Waals surface area contributed by atoms with Crippen molar-refractivity contribution in [1.82, 2.24) is 25.8 Å². The van der Waals surface area contributed by atoms with E-state index in [0.717, 1.165) is 16.7 Å². The zero-order valence-corrected chi connectivity index (χ0v) is 32.3. The van der Waals surface area contributed by atoms with E-state index in [9.17, 15) is 24.3 Å². The number of likely N-dealkylation sites (tertiary alicyclic amines) is 1. The number of rotatable bonds is 24. The van der Waals surface area contributed by atoms with Gasteiger partial charge in [-0.15, -0.1) is 0 Å². The number of benzene rings is 2. The fourth-order valence-corrected chi connectivity index (χ4v) is 5.53. The van der Waals surface area contributed by atoms with Crippen LogP contribution in [0.2, 0.25) is 5.02 Å². The molecule has 15 nitrogen and oxygen atoms in total. The molecule has 1 aliphatic heterocycles. The number of ether oxygens (including phenoxy) is 5. The highest BCUT2D eigenvalue weighted by molar-refractivity contribution is 6.30. The van der Waals surface area contributed by atoms with E-state index in [0.29, 0.717) is 75.4 Å². The van der Waals surface area contributed by atoms with Gasteiger partial charge in [-0.3, -0.25) is 19.2 Å². The van der Waals surface area contributed by atoms with Gasteiger partial charge in [0.05, 0.1) is 78.6 Å². The number of nitrogens with zero attached hydrogens (tertiary/aromatic N) is 2. The normalized spacial score (nSPS) is 13.8. The fraction of sp³-hybridized carbons (Fsp3) is 0.425. The van der Waals surface area contributed by atoms with E-state index in [1.165, 1.54) is 11.1 Å². The summed E-state index contributed by atoms with van der Waals surface area (Å²) in [5.74, 6) is -0.586. The Labute approximate surface area is 331 Å². The van der Waals surface area contributed by atoms with Crippen LogP contribution in [0.15, 0.2) is 60.8 Å². The van der Waals surface area contributed by atoms with E-state index in [2.05, 4.69) is 20.9 Å². The molecule has 0 radical (unpaired) electrons. The van der Waals surface area contributed by atoms with Gasteiger partial charge >= 0.3 is 0 Å². The number of aliphatic hydroxyl groups is 1. The Bertz CT molecular complexity index is 1740. The van der Waals surface area contributed by atoms with Crippen LogP contribution < -0.4 is 20.7 Å². The molecule has 3 aromatic rings. The number of nitrogens with one attached hydrogen (secondary N) is 3. The first-order valence-corrected chi connectivity index (χ1v) is 18.7. The van der Waals surface area contributed by atoms with Gasteiger partial charge in [0.2, 0.25) is 17.7 Å². The summed E-state index contributed by atoms with van der Waals surface area (Å²) in [6.07, 6.45) is 5.49. The number of aromatic nitrogens is 1. The van der Waals surface area contributed by atoms with E-state index in [-0.39, 0.29) is 62.7 Å². The number of hydrogen-bond acceptors (Lipinski definition) is 11. The summed E-state index contributed by atoms with van der Waals surface area (Å²) in [6.45, 7) is 3.35. The molecule has 0 aliphatic carbocycles.